The standard InChI is InChI=1S/C43H47N5/c1-6-31-26-38-39(32-21-23-37(24-22-32)48(35-13-9-7-10-14-35)36-15-11-8-12-16-36)43(47-45)41(44)40(33-19-17-29(4)18-20-33)42(38)46-27-34(30(31)5)25-28(2)3/h7-24,26,28,30-31,34,45H,6,25,27,44H2,1-5H3. The maximum absolute atomic E-state index is 8.45. The Morgan fingerprint density at radius 3 is 1.90 bits per heavy atom. The first kappa shape index (κ1) is 32.9. The zero-order valence-electron chi connectivity index (χ0n) is 28.8. The van der Waals surface area contributed by atoms with Gasteiger partial charge in [-0.15, -0.1) is 0 Å². The summed E-state index contributed by atoms with van der Waals surface area (Å²) in [6.45, 7) is 12.1. The molecule has 0 radical (unpaired) electrons. The summed E-state index contributed by atoms with van der Waals surface area (Å²) in [5.41, 5.74) is 24.6. The molecule has 48 heavy (non-hydrogen) atoms. The van der Waals surface area contributed by atoms with Crippen LogP contribution in [0.4, 0.5) is 28.4 Å². The summed E-state index contributed by atoms with van der Waals surface area (Å²) in [6, 6.07) is 37.9. The van der Waals surface area contributed by atoms with Gasteiger partial charge in [0.2, 0.25) is 0 Å². The highest BCUT2D eigenvalue weighted by Gasteiger charge is 2.28. The third kappa shape index (κ3) is 6.55. The van der Waals surface area contributed by atoms with Gasteiger partial charge in [-0.3, -0.25) is 4.99 Å². The second-order valence-corrected chi connectivity index (χ2v) is 13.6. The van der Waals surface area contributed by atoms with E-state index in [1.54, 1.807) is 0 Å². The quantitative estimate of drug-likeness (QED) is 0.125. The molecule has 0 aromatic heterocycles. The molecule has 0 saturated carbocycles. The van der Waals surface area contributed by atoms with Gasteiger partial charge in [-0.05, 0) is 91.0 Å². The summed E-state index contributed by atoms with van der Waals surface area (Å²) in [7, 11) is 0. The van der Waals surface area contributed by atoms with Gasteiger partial charge in [0.1, 0.15) is 5.69 Å². The molecule has 5 aromatic carbocycles. The molecule has 3 N–H and O–H groups in total. The highest BCUT2D eigenvalue weighted by Crippen LogP contribution is 2.41. The first-order chi connectivity index (χ1) is 23.3. The Labute approximate surface area is 285 Å². The number of rotatable bonds is 9. The van der Waals surface area contributed by atoms with E-state index in [0.717, 1.165) is 69.3 Å². The van der Waals surface area contributed by atoms with Crippen LogP contribution in [-0.2, 0) is 0 Å². The van der Waals surface area contributed by atoms with Crippen molar-refractivity contribution in [3.63, 3.8) is 0 Å². The Bertz CT molecular complexity index is 1940. The highest BCUT2D eigenvalue weighted by molar-refractivity contribution is 5.94. The molecule has 0 aliphatic carbocycles. The van der Waals surface area contributed by atoms with Gasteiger partial charge in [0.25, 0.3) is 0 Å². The molecule has 5 nitrogen and oxygen atoms in total. The lowest BCUT2D eigenvalue weighted by Crippen LogP contribution is -2.37. The van der Waals surface area contributed by atoms with E-state index in [1.165, 1.54) is 5.56 Å². The van der Waals surface area contributed by atoms with Crippen LogP contribution in [-0.4, -0.2) is 6.54 Å². The van der Waals surface area contributed by atoms with Gasteiger partial charge in [-0.1, -0.05) is 112 Å². The van der Waals surface area contributed by atoms with E-state index in [-0.39, 0.29) is 0 Å². The lowest BCUT2D eigenvalue weighted by molar-refractivity contribution is 0.254. The molecule has 0 spiro atoms. The van der Waals surface area contributed by atoms with Crippen LogP contribution in [0.2, 0.25) is 0 Å². The number of anilines is 4. The minimum absolute atomic E-state index is 0.348. The third-order valence-corrected chi connectivity index (χ3v) is 9.95. The lowest BCUT2D eigenvalue weighted by atomic mass is 9.76. The molecular weight excluding hydrogens is 587 g/mol. The smallest absolute Gasteiger partial charge is 0.117 e. The topological polar surface area (TPSA) is 77.8 Å². The predicted octanol–water partition coefficient (Wildman–Crippen LogP) is 10.8. The maximum Gasteiger partial charge on any atom is 0.117 e. The Balaban J connectivity index is 1.60. The van der Waals surface area contributed by atoms with Crippen molar-refractivity contribution in [2.24, 2.45) is 33.8 Å². The first-order valence-electron chi connectivity index (χ1n) is 17.3. The number of para-hydroxylation sites is 2. The lowest BCUT2D eigenvalue weighted by Gasteiger charge is -2.31. The monoisotopic (exact) mass is 633 g/mol. The molecule has 0 bridgehead atoms. The maximum atomic E-state index is 8.45. The molecular formula is C43H47N5. The fourth-order valence-corrected chi connectivity index (χ4v) is 7.36. The van der Waals surface area contributed by atoms with Gasteiger partial charge in [0.05, 0.1) is 11.0 Å². The van der Waals surface area contributed by atoms with E-state index in [9.17, 15) is 0 Å². The van der Waals surface area contributed by atoms with Crippen LogP contribution in [0.15, 0.2) is 119 Å². The number of nitrogen functional groups attached to an aromatic ring is 1. The molecule has 1 aliphatic rings. The van der Waals surface area contributed by atoms with Gasteiger partial charge in [0, 0.05) is 40.0 Å². The van der Waals surface area contributed by atoms with Crippen molar-refractivity contribution >= 4 is 34.5 Å². The fourth-order valence-electron chi connectivity index (χ4n) is 7.36. The Morgan fingerprint density at radius 1 is 0.812 bits per heavy atom. The molecule has 0 fully saturated rings. The van der Waals surface area contributed by atoms with E-state index in [1.807, 2.05) is 12.1 Å². The summed E-state index contributed by atoms with van der Waals surface area (Å²) in [4.78, 5) is 7.68. The molecule has 0 amide bonds. The van der Waals surface area contributed by atoms with Crippen LogP contribution >= 0.6 is 0 Å². The van der Waals surface area contributed by atoms with E-state index >= 15 is 0 Å². The van der Waals surface area contributed by atoms with Gasteiger partial charge in [0.15, 0.2) is 0 Å². The number of nitrogens with zero attached hydrogens (tertiary/aromatic N) is 3. The van der Waals surface area contributed by atoms with Crippen LogP contribution in [0, 0.1) is 36.1 Å². The van der Waals surface area contributed by atoms with Crippen molar-refractivity contribution in [3.05, 3.63) is 125 Å². The number of fused-ring (bicyclic) bond motifs is 1. The van der Waals surface area contributed by atoms with Crippen LogP contribution in [0.1, 0.15) is 46.1 Å². The second kappa shape index (κ2) is 14.4. The molecule has 6 rings (SSSR count). The van der Waals surface area contributed by atoms with Gasteiger partial charge < -0.3 is 10.6 Å². The normalized spacial score (nSPS) is 17.4. The minimum Gasteiger partial charge on any atom is -0.396 e. The molecule has 0 saturated heterocycles. The highest BCUT2D eigenvalue weighted by atomic mass is 15.1. The number of hydrogen-bond donors (Lipinski definition) is 2. The second-order valence-electron chi connectivity index (χ2n) is 13.6. The van der Waals surface area contributed by atoms with Crippen molar-refractivity contribution in [1.29, 1.82) is 5.53 Å². The Morgan fingerprint density at radius 2 is 1.35 bits per heavy atom. The van der Waals surface area contributed by atoms with E-state index in [0.29, 0.717) is 35.0 Å². The number of benzene rings is 5. The van der Waals surface area contributed by atoms with Crippen molar-refractivity contribution in [2.75, 3.05) is 17.2 Å². The first-order valence-corrected chi connectivity index (χ1v) is 17.3. The van der Waals surface area contributed by atoms with Crippen LogP contribution in [0.3, 0.4) is 0 Å². The van der Waals surface area contributed by atoms with Gasteiger partial charge in [-0.25, -0.2) is 5.53 Å². The number of aryl methyl sites for hydroxylation is 1. The van der Waals surface area contributed by atoms with Crippen molar-refractivity contribution < 1.29 is 0 Å². The van der Waals surface area contributed by atoms with E-state index in [4.69, 9.17) is 16.3 Å². The largest absolute Gasteiger partial charge is 0.396 e. The van der Waals surface area contributed by atoms with Crippen molar-refractivity contribution in [1.82, 2.24) is 0 Å². The molecule has 244 valence electrons. The summed E-state index contributed by atoms with van der Waals surface area (Å²) in [5.74, 6) is 1.87. The summed E-state index contributed by atoms with van der Waals surface area (Å²) < 4.78 is 0. The number of hydrogen-bond acceptors (Lipinski definition) is 5. The number of nitrogens with two attached hydrogens (primary N) is 1. The molecule has 1 heterocycles. The summed E-state index contributed by atoms with van der Waals surface area (Å²) >= 11 is 0. The summed E-state index contributed by atoms with van der Waals surface area (Å²) in [5, 5.41) is 6.09. The molecule has 1 aliphatic heterocycles. The minimum atomic E-state index is 0.348. The molecule has 5 aromatic rings. The van der Waals surface area contributed by atoms with Crippen LogP contribution in [0.25, 0.3) is 28.3 Å². The SMILES string of the molecule is CCC1C=c2c(-c3ccc(N(c4ccccc4)c4ccccc4)cc3)c(N=N)c(N)c(-c3ccc(C)cc3)c2=NCC(CC(C)C)C1C. The fraction of sp³-hybridized carbons (Fsp3) is 0.279. The Kier molecular flexibility index (Phi) is 9.86. The van der Waals surface area contributed by atoms with E-state index < -0.39 is 0 Å². The zero-order chi connectivity index (χ0) is 33.8. The van der Waals surface area contributed by atoms with E-state index in [2.05, 4.69) is 148 Å². The van der Waals surface area contributed by atoms with Crippen LogP contribution in [0.5, 0.6) is 0 Å². The van der Waals surface area contributed by atoms with Gasteiger partial charge in [-0.2, -0.15) is 5.11 Å². The summed E-state index contributed by atoms with van der Waals surface area (Å²) in [6.07, 6.45) is 4.58. The average molecular weight is 634 g/mol. The number of nitrogens with one attached hydrogen (secondary N) is 1. The van der Waals surface area contributed by atoms with Gasteiger partial charge >= 0.3 is 0 Å². The Hall–Kier alpha value is -5.03. The van der Waals surface area contributed by atoms with Crippen molar-refractivity contribution in [2.45, 2.75) is 47.5 Å². The molecule has 3 atom stereocenters. The third-order valence-electron chi connectivity index (χ3n) is 9.95. The van der Waals surface area contributed by atoms with Crippen LogP contribution < -0.4 is 21.2 Å². The molecule has 3 unspecified atom stereocenters. The van der Waals surface area contributed by atoms with Crippen molar-refractivity contribution in [3.8, 4) is 22.3 Å². The molecule has 5 heteroatoms. The predicted molar refractivity (Wildman–Crippen MR) is 202 cm³/mol. The zero-order valence-corrected chi connectivity index (χ0v) is 28.8. The average Bonchev–Trinajstić information content (AvgIpc) is 3.10.